The van der Waals surface area contributed by atoms with Gasteiger partial charge < -0.3 is 9.80 Å². The van der Waals surface area contributed by atoms with Gasteiger partial charge in [-0.15, -0.1) is 0 Å². The van der Waals surface area contributed by atoms with Crippen LogP contribution in [0.2, 0.25) is 0 Å². The highest BCUT2D eigenvalue weighted by atomic mass is 15.1. The lowest BCUT2D eigenvalue weighted by Crippen LogP contribution is -3.08. The van der Waals surface area contributed by atoms with Crippen molar-refractivity contribution < 1.29 is 4.90 Å². The Morgan fingerprint density at radius 2 is 1.44 bits per heavy atom. The predicted molar refractivity (Wildman–Crippen MR) is 147 cm³/mol. The lowest BCUT2D eigenvalue weighted by Gasteiger charge is -2.41. The summed E-state index contributed by atoms with van der Waals surface area (Å²) in [5.41, 5.74) is 3.40. The lowest BCUT2D eigenvalue weighted by molar-refractivity contribution is -0.842. The van der Waals surface area contributed by atoms with E-state index in [0.29, 0.717) is 0 Å². The molecule has 5 aliphatic rings. The zero-order valence-electron chi connectivity index (χ0n) is 21.6. The topological polar surface area (TPSA) is 7.68 Å². The van der Waals surface area contributed by atoms with E-state index >= 15 is 0 Å². The van der Waals surface area contributed by atoms with Crippen LogP contribution in [-0.4, -0.2) is 37.6 Å². The SMILES string of the molecule is C1=CCCCCCC[C@@H]2CN3CC/C=C\C=CCCCCC4=C[NH+](CCC=C1)CC(=C4)[C@@H]2CC3. The minimum atomic E-state index is 0.802. The van der Waals surface area contributed by atoms with Gasteiger partial charge in [-0.2, -0.15) is 0 Å². The van der Waals surface area contributed by atoms with E-state index in [-0.39, 0.29) is 0 Å². The second-order valence-corrected chi connectivity index (χ2v) is 11.0. The summed E-state index contributed by atoms with van der Waals surface area (Å²) in [4.78, 5) is 4.46. The van der Waals surface area contributed by atoms with Crippen molar-refractivity contribution in [3.8, 4) is 0 Å². The molecule has 0 radical (unpaired) electrons. The molecule has 0 aliphatic carbocycles. The highest BCUT2D eigenvalue weighted by Gasteiger charge is 2.33. The number of rotatable bonds is 0. The standard InChI is InChI=1S/C32H48N2/c1-2-5-10-14-18-23-34-26-29-19-15-11-7-4-6-9-13-17-22-33-24-21-32(31(25-29)28-34)30(27-33)20-16-12-8-3-1/h2,4-6,9-10,13-14,25-26,30,32H,1,3,7-8,11-12,15-24,27-28H2/p+1/b5-2?,6-4?,13-9-,14-10?/t30-,32-/m1/s1. The fourth-order valence-corrected chi connectivity index (χ4v) is 6.38. The molecule has 1 fully saturated rings. The lowest BCUT2D eigenvalue weighted by atomic mass is 9.76. The second kappa shape index (κ2) is 14.7. The van der Waals surface area contributed by atoms with Crippen LogP contribution in [-0.2, 0) is 0 Å². The Bertz CT molecular complexity index is 781. The Balaban J connectivity index is 1.55. The molecule has 1 saturated heterocycles. The van der Waals surface area contributed by atoms with Crippen molar-refractivity contribution in [2.45, 2.75) is 83.5 Å². The Morgan fingerprint density at radius 1 is 0.706 bits per heavy atom. The molecule has 4 atom stereocenters. The molecular formula is C32H49N2+. The first-order chi connectivity index (χ1) is 16.9. The highest BCUT2D eigenvalue weighted by molar-refractivity contribution is 5.27. The molecule has 2 nitrogen and oxygen atoms in total. The molecule has 0 aromatic heterocycles. The average molecular weight is 462 g/mol. The fourth-order valence-electron chi connectivity index (χ4n) is 6.38. The third-order valence-corrected chi connectivity index (χ3v) is 8.28. The van der Waals surface area contributed by atoms with Crippen LogP contribution < -0.4 is 4.90 Å². The van der Waals surface area contributed by atoms with Gasteiger partial charge in [0.1, 0.15) is 6.54 Å². The molecule has 34 heavy (non-hydrogen) atoms. The Labute approximate surface area is 209 Å². The molecule has 5 aliphatic heterocycles. The van der Waals surface area contributed by atoms with E-state index in [4.69, 9.17) is 0 Å². The smallest absolute Gasteiger partial charge is 0.104 e. The van der Waals surface area contributed by atoms with Crippen LogP contribution in [0.15, 0.2) is 72.0 Å². The molecule has 186 valence electrons. The summed E-state index contributed by atoms with van der Waals surface area (Å²) in [7, 11) is 0. The van der Waals surface area contributed by atoms with Gasteiger partial charge in [-0.25, -0.2) is 0 Å². The molecule has 6 bridgehead atoms. The minimum absolute atomic E-state index is 0.802. The van der Waals surface area contributed by atoms with Crippen molar-refractivity contribution in [1.82, 2.24) is 4.90 Å². The average Bonchev–Trinajstić information content (AvgIpc) is 2.85. The van der Waals surface area contributed by atoms with Crippen molar-refractivity contribution in [2.75, 3.05) is 32.7 Å². The van der Waals surface area contributed by atoms with E-state index in [0.717, 1.165) is 11.8 Å². The third-order valence-electron chi connectivity index (χ3n) is 8.28. The maximum atomic E-state index is 2.77. The van der Waals surface area contributed by atoms with E-state index in [1.54, 1.807) is 16.0 Å². The van der Waals surface area contributed by atoms with Crippen LogP contribution in [0.5, 0.6) is 0 Å². The molecule has 0 spiro atoms. The van der Waals surface area contributed by atoms with Gasteiger partial charge >= 0.3 is 0 Å². The largest absolute Gasteiger partial charge is 0.305 e. The van der Waals surface area contributed by atoms with E-state index < -0.39 is 0 Å². The maximum absolute atomic E-state index is 2.77. The Kier molecular flexibility index (Phi) is 11.0. The number of quaternary nitrogens is 1. The van der Waals surface area contributed by atoms with E-state index in [1.807, 2.05) is 0 Å². The fraction of sp³-hybridized carbons (Fsp3) is 0.625. The first kappa shape index (κ1) is 25.5. The van der Waals surface area contributed by atoms with Crippen LogP contribution in [0.4, 0.5) is 0 Å². The van der Waals surface area contributed by atoms with Gasteiger partial charge in [-0.3, -0.25) is 0 Å². The number of allylic oxidation sites excluding steroid dienone is 8. The molecule has 2 heteroatoms. The summed E-state index contributed by atoms with van der Waals surface area (Å²) < 4.78 is 0. The summed E-state index contributed by atoms with van der Waals surface area (Å²) in [5.74, 6) is 1.64. The molecule has 0 amide bonds. The molecule has 0 aromatic rings. The Hall–Kier alpha value is -1.64. The monoisotopic (exact) mass is 461 g/mol. The van der Waals surface area contributed by atoms with Crippen molar-refractivity contribution in [3.05, 3.63) is 72.0 Å². The quantitative estimate of drug-likeness (QED) is 0.429. The first-order valence-corrected chi connectivity index (χ1v) is 14.5. The molecule has 1 N–H and O–H groups in total. The summed E-state index contributed by atoms with van der Waals surface area (Å²) in [6.07, 6.45) is 40.9. The number of fused-ring (bicyclic) bond motifs is 9. The summed E-state index contributed by atoms with van der Waals surface area (Å²) in [5, 5.41) is 0. The van der Waals surface area contributed by atoms with Crippen molar-refractivity contribution in [1.29, 1.82) is 0 Å². The number of nitrogens with one attached hydrogen (secondary N) is 1. The second-order valence-electron chi connectivity index (χ2n) is 11.0. The predicted octanol–water partition coefficient (Wildman–Crippen LogP) is 6.57. The van der Waals surface area contributed by atoms with Gasteiger partial charge in [0.25, 0.3) is 0 Å². The third kappa shape index (κ3) is 8.54. The molecular weight excluding hydrogens is 412 g/mol. The van der Waals surface area contributed by atoms with Gasteiger partial charge in [0.2, 0.25) is 0 Å². The van der Waals surface area contributed by atoms with Gasteiger partial charge in [0, 0.05) is 25.1 Å². The normalized spacial score (nSPS) is 33.2. The maximum Gasteiger partial charge on any atom is 0.104 e. The van der Waals surface area contributed by atoms with Gasteiger partial charge in [0.15, 0.2) is 0 Å². The van der Waals surface area contributed by atoms with Crippen LogP contribution in [0, 0.1) is 11.8 Å². The number of nitrogens with zero attached hydrogens (tertiary/aromatic N) is 1. The molecule has 5 rings (SSSR count). The van der Waals surface area contributed by atoms with Crippen molar-refractivity contribution in [2.24, 2.45) is 11.8 Å². The minimum Gasteiger partial charge on any atom is -0.305 e. The van der Waals surface area contributed by atoms with Gasteiger partial charge in [0.05, 0.1) is 12.7 Å². The van der Waals surface area contributed by atoms with Gasteiger partial charge in [-0.05, 0) is 87.8 Å². The summed E-state index contributed by atoms with van der Waals surface area (Å²) in [6.45, 7) is 6.28. The van der Waals surface area contributed by atoms with Crippen molar-refractivity contribution in [3.63, 3.8) is 0 Å². The van der Waals surface area contributed by atoms with E-state index in [9.17, 15) is 0 Å². The molecule has 0 aromatic carbocycles. The summed E-state index contributed by atoms with van der Waals surface area (Å²) in [6, 6.07) is 0. The number of hydrogen-bond acceptors (Lipinski definition) is 1. The number of piperidine rings is 1. The van der Waals surface area contributed by atoms with E-state index in [1.165, 1.54) is 116 Å². The molecule has 2 unspecified atom stereocenters. The first-order valence-electron chi connectivity index (χ1n) is 14.5. The molecule has 0 saturated carbocycles. The molecule has 5 heterocycles. The van der Waals surface area contributed by atoms with Crippen LogP contribution in [0.1, 0.15) is 83.5 Å². The zero-order valence-corrected chi connectivity index (χ0v) is 21.6. The zero-order chi connectivity index (χ0) is 23.3. The highest BCUT2D eigenvalue weighted by Crippen LogP contribution is 2.35. The Morgan fingerprint density at radius 3 is 2.29 bits per heavy atom. The van der Waals surface area contributed by atoms with E-state index in [2.05, 4.69) is 65.8 Å². The number of hydrogen-bond donors (Lipinski definition) is 1. The van der Waals surface area contributed by atoms with Crippen LogP contribution in [0.3, 0.4) is 0 Å². The van der Waals surface area contributed by atoms with Crippen molar-refractivity contribution >= 4 is 0 Å². The van der Waals surface area contributed by atoms with Crippen LogP contribution >= 0.6 is 0 Å². The van der Waals surface area contributed by atoms with Crippen LogP contribution in [0.25, 0.3) is 0 Å². The van der Waals surface area contributed by atoms with Gasteiger partial charge in [-0.1, -0.05) is 67.9 Å². The summed E-state index contributed by atoms with van der Waals surface area (Å²) >= 11 is 0.